The first-order valence-electron chi connectivity index (χ1n) is 9.74. The van der Waals surface area contributed by atoms with Crippen LogP contribution < -0.4 is 0 Å². The van der Waals surface area contributed by atoms with Crippen molar-refractivity contribution in [2.45, 2.75) is 38.6 Å². The van der Waals surface area contributed by atoms with Gasteiger partial charge < -0.3 is 9.30 Å². The molecule has 1 aromatic carbocycles. The summed E-state index contributed by atoms with van der Waals surface area (Å²) in [5.74, 6) is -0.949. The van der Waals surface area contributed by atoms with E-state index in [2.05, 4.69) is 6.58 Å². The highest BCUT2D eigenvalue weighted by Gasteiger charge is 2.35. The number of rotatable bonds is 9. The minimum atomic E-state index is -4.00. The molecule has 1 aromatic heterocycles. The first-order valence-corrected chi connectivity index (χ1v) is 11.6. The molecular weight excluding hydrogens is 440 g/mol. The van der Waals surface area contributed by atoms with Crippen molar-refractivity contribution in [3.8, 4) is 0 Å². The van der Waals surface area contributed by atoms with Gasteiger partial charge in [-0.25, -0.2) is 13.2 Å². The van der Waals surface area contributed by atoms with E-state index in [4.69, 9.17) is 16.3 Å². The van der Waals surface area contributed by atoms with Crippen molar-refractivity contribution in [2.75, 3.05) is 13.2 Å². The molecule has 0 radical (unpaired) electrons. The number of aromatic nitrogens is 1. The van der Waals surface area contributed by atoms with E-state index in [1.165, 1.54) is 37.3 Å². The van der Waals surface area contributed by atoms with E-state index in [1.54, 1.807) is 32.4 Å². The van der Waals surface area contributed by atoms with Crippen molar-refractivity contribution in [1.29, 1.82) is 0 Å². The number of hydrogen-bond acceptors (Lipinski definition) is 5. The van der Waals surface area contributed by atoms with Gasteiger partial charge in [-0.2, -0.15) is 4.31 Å². The molecule has 1 atom stereocenters. The van der Waals surface area contributed by atoms with Crippen molar-refractivity contribution < 1.29 is 22.7 Å². The third-order valence-electron chi connectivity index (χ3n) is 5.19. The summed E-state index contributed by atoms with van der Waals surface area (Å²) in [5, 5.41) is 0.403. The Balaban J connectivity index is 2.53. The molecular formula is C22H27ClN2O5S. The van der Waals surface area contributed by atoms with Crippen LogP contribution >= 0.6 is 11.6 Å². The maximum atomic E-state index is 13.5. The van der Waals surface area contributed by atoms with Crippen molar-refractivity contribution in [3.63, 3.8) is 0 Å². The molecule has 2 aromatic rings. The van der Waals surface area contributed by atoms with Gasteiger partial charge in [0.05, 0.1) is 17.5 Å². The summed E-state index contributed by atoms with van der Waals surface area (Å²) in [6.45, 7) is 10.4. The molecule has 1 unspecified atom stereocenters. The van der Waals surface area contributed by atoms with E-state index in [0.29, 0.717) is 21.8 Å². The second-order valence-electron chi connectivity index (χ2n) is 7.07. The third kappa shape index (κ3) is 4.76. The Morgan fingerprint density at radius 2 is 1.84 bits per heavy atom. The molecule has 0 aliphatic rings. The Labute approximate surface area is 188 Å². The summed E-state index contributed by atoms with van der Waals surface area (Å²) in [6, 6.07) is 4.70. The summed E-state index contributed by atoms with van der Waals surface area (Å²) >= 11 is 5.88. The van der Waals surface area contributed by atoms with Gasteiger partial charge in [-0.15, -0.1) is 6.58 Å². The van der Waals surface area contributed by atoms with Crippen LogP contribution in [0.25, 0.3) is 0 Å². The fourth-order valence-corrected chi connectivity index (χ4v) is 5.19. The lowest BCUT2D eigenvalue weighted by Gasteiger charge is -2.26. The summed E-state index contributed by atoms with van der Waals surface area (Å²) in [4.78, 5) is 25.8. The molecule has 0 bridgehead atoms. The lowest BCUT2D eigenvalue weighted by Crippen LogP contribution is -2.43. The number of Topliss-reactive ketones (excluding diaryl/α,β-unsaturated/α-hetero) is 1. The van der Waals surface area contributed by atoms with Crippen molar-refractivity contribution in [2.24, 2.45) is 7.05 Å². The number of ether oxygens (including phenoxy) is 1. The molecule has 0 amide bonds. The average Bonchev–Trinajstić information content (AvgIpc) is 2.94. The van der Waals surface area contributed by atoms with Gasteiger partial charge in [-0.05, 0) is 57.5 Å². The lowest BCUT2D eigenvalue weighted by atomic mass is 10.0. The molecule has 31 heavy (non-hydrogen) atoms. The number of carbonyl (C=O) groups is 2. The number of benzene rings is 1. The van der Waals surface area contributed by atoms with Gasteiger partial charge in [0.25, 0.3) is 0 Å². The smallest absolute Gasteiger partial charge is 0.355 e. The van der Waals surface area contributed by atoms with Crippen LogP contribution in [0.3, 0.4) is 0 Å². The van der Waals surface area contributed by atoms with E-state index in [9.17, 15) is 18.0 Å². The van der Waals surface area contributed by atoms with Gasteiger partial charge >= 0.3 is 5.97 Å². The van der Waals surface area contributed by atoms with E-state index in [-0.39, 0.29) is 23.7 Å². The standard InChI is InChI=1S/C22H27ClN2O5S/c1-7-13-25(31(28,29)18-11-9-17(23)10-12-18)16(5)21(26)19-14(3)20(22(27)30-8-2)24(6)15(19)4/h7,9-12,16H,1,8,13H2,2-6H3. The zero-order valence-electron chi connectivity index (χ0n) is 18.3. The van der Waals surface area contributed by atoms with E-state index in [0.717, 1.165) is 4.31 Å². The van der Waals surface area contributed by atoms with Gasteiger partial charge in [0.15, 0.2) is 5.78 Å². The minimum absolute atomic E-state index is 0.0205. The second-order valence-corrected chi connectivity index (χ2v) is 9.40. The molecule has 0 saturated heterocycles. The molecule has 0 aliphatic heterocycles. The first kappa shape index (κ1) is 24.8. The number of halogens is 1. The topological polar surface area (TPSA) is 85.7 Å². The van der Waals surface area contributed by atoms with Crippen LogP contribution in [-0.2, 0) is 21.8 Å². The molecule has 1 heterocycles. The van der Waals surface area contributed by atoms with Crippen LogP contribution in [0, 0.1) is 13.8 Å². The number of hydrogen-bond donors (Lipinski definition) is 0. The van der Waals surface area contributed by atoms with Crippen LogP contribution in [0.1, 0.15) is 46.0 Å². The molecule has 0 saturated carbocycles. The van der Waals surface area contributed by atoms with Crippen LogP contribution in [-0.4, -0.2) is 48.2 Å². The minimum Gasteiger partial charge on any atom is -0.461 e. The summed E-state index contributed by atoms with van der Waals surface area (Å²) in [5.41, 5.74) is 1.58. The van der Waals surface area contributed by atoms with Gasteiger partial charge in [-0.1, -0.05) is 17.7 Å². The quantitative estimate of drug-likeness (QED) is 0.317. The average molecular weight is 467 g/mol. The second kappa shape index (κ2) is 9.80. The Hall–Kier alpha value is -2.42. The van der Waals surface area contributed by atoms with Gasteiger partial charge in [0.2, 0.25) is 10.0 Å². The molecule has 168 valence electrons. The van der Waals surface area contributed by atoms with E-state index in [1.807, 2.05) is 0 Å². The van der Waals surface area contributed by atoms with E-state index < -0.39 is 27.8 Å². The van der Waals surface area contributed by atoms with E-state index >= 15 is 0 Å². The molecule has 0 N–H and O–H groups in total. The molecule has 0 spiro atoms. The first-order chi connectivity index (χ1) is 14.5. The number of sulfonamides is 1. The van der Waals surface area contributed by atoms with Crippen LogP contribution in [0.5, 0.6) is 0 Å². The van der Waals surface area contributed by atoms with Gasteiger partial charge in [0, 0.05) is 29.9 Å². The normalized spacial score (nSPS) is 12.6. The number of ketones is 1. The Morgan fingerprint density at radius 1 is 1.26 bits per heavy atom. The Kier molecular flexibility index (Phi) is 7.86. The molecule has 7 nitrogen and oxygen atoms in total. The molecule has 9 heteroatoms. The van der Waals surface area contributed by atoms with Crippen LogP contribution in [0.2, 0.25) is 5.02 Å². The summed E-state index contributed by atoms with van der Waals surface area (Å²) in [6.07, 6.45) is 1.42. The lowest BCUT2D eigenvalue weighted by molar-refractivity contribution is 0.0514. The maximum absolute atomic E-state index is 13.5. The van der Waals surface area contributed by atoms with Crippen LogP contribution in [0.4, 0.5) is 0 Å². The number of esters is 1. The molecule has 0 fully saturated rings. The molecule has 2 rings (SSSR count). The highest BCUT2D eigenvalue weighted by Crippen LogP contribution is 2.27. The SMILES string of the molecule is C=CCN(C(C)C(=O)c1c(C)c(C(=O)OCC)n(C)c1C)S(=O)(=O)c1ccc(Cl)cc1. The zero-order chi connectivity index (χ0) is 23.5. The highest BCUT2D eigenvalue weighted by molar-refractivity contribution is 7.89. The Morgan fingerprint density at radius 3 is 2.35 bits per heavy atom. The van der Waals surface area contributed by atoms with Crippen molar-refractivity contribution in [3.05, 3.63) is 64.5 Å². The van der Waals surface area contributed by atoms with Crippen molar-refractivity contribution in [1.82, 2.24) is 8.87 Å². The largest absolute Gasteiger partial charge is 0.461 e. The fraction of sp³-hybridized carbons (Fsp3) is 0.364. The molecule has 0 aliphatic carbocycles. The maximum Gasteiger partial charge on any atom is 0.355 e. The van der Waals surface area contributed by atoms with Gasteiger partial charge in [0.1, 0.15) is 5.69 Å². The fourth-order valence-electron chi connectivity index (χ4n) is 3.50. The zero-order valence-corrected chi connectivity index (χ0v) is 19.9. The summed E-state index contributed by atoms with van der Waals surface area (Å²) in [7, 11) is -2.33. The monoisotopic (exact) mass is 466 g/mol. The number of carbonyl (C=O) groups excluding carboxylic acids is 2. The summed E-state index contributed by atoms with van der Waals surface area (Å²) < 4.78 is 34.3. The predicted molar refractivity (Wildman–Crippen MR) is 120 cm³/mol. The number of nitrogens with zero attached hydrogens (tertiary/aromatic N) is 2. The Bertz CT molecular complexity index is 1100. The third-order valence-corrected chi connectivity index (χ3v) is 7.39. The highest BCUT2D eigenvalue weighted by atomic mass is 35.5. The van der Waals surface area contributed by atoms with Gasteiger partial charge in [-0.3, -0.25) is 4.79 Å². The van der Waals surface area contributed by atoms with Crippen molar-refractivity contribution >= 4 is 33.4 Å². The van der Waals surface area contributed by atoms with Crippen LogP contribution in [0.15, 0.2) is 41.8 Å². The predicted octanol–water partition coefficient (Wildman–Crippen LogP) is 3.92.